The monoisotopic (exact) mass is 441 g/mol. The zero-order chi connectivity index (χ0) is 22.7. The number of piperidine rings is 1. The van der Waals surface area contributed by atoms with Crippen molar-refractivity contribution >= 4 is 23.4 Å². The molecule has 1 fully saturated rings. The Hall–Kier alpha value is -3.62. The number of carbonyl (C=O) groups excluding carboxylic acids is 1. The van der Waals surface area contributed by atoms with Crippen molar-refractivity contribution in [2.75, 3.05) is 23.3 Å². The van der Waals surface area contributed by atoms with Gasteiger partial charge in [-0.1, -0.05) is 0 Å². The molecule has 0 unspecified atom stereocenters. The summed E-state index contributed by atoms with van der Waals surface area (Å²) in [5.41, 5.74) is 2.74. The largest absolute Gasteiger partial charge is 0.371 e. The van der Waals surface area contributed by atoms with Crippen LogP contribution in [0.4, 0.5) is 24.5 Å². The Balaban J connectivity index is 1.42. The van der Waals surface area contributed by atoms with Crippen LogP contribution in [0.2, 0.25) is 0 Å². The van der Waals surface area contributed by atoms with E-state index in [0.29, 0.717) is 35.5 Å². The molecule has 0 atom stereocenters. The summed E-state index contributed by atoms with van der Waals surface area (Å²) >= 11 is 0. The van der Waals surface area contributed by atoms with Gasteiger partial charge in [-0.05, 0) is 30.3 Å². The fourth-order valence-electron chi connectivity index (χ4n) is 3.63. The maximum absolute atomic E-state index is 14.4. The van der Waals surface area contributed by atoms with Crippen molar-refractivity contribution in [3.63, 3.8) is 0 Å². The van der Waals surface area contributed by atoms with Crippen LogP contribution in [0.15, 0.2) is 55.1 Å². The molecule has 1 amide bonds. The van der Waals surface area contributed by atoms with Crippen LogP contribution >= 0.6 is 0 Å². The first-order chi connectivity index (χ1) is 15.3. The van der Waals surface area contributed by atoms with E-state index < -0.39 is 17.6 Å². The Labute approximate surface area is 183 Å². The second kappa shape index (κ2) is 8.86. The van der Waals surface area contributed by atoms with Crippen molar-refractivity contribution in [2.24, 2.45) is 7.05 Å². The van der Waals surface area contributed by atoms with Gasteiger partial charge in [-0.25, -0.2) is 13.2 Å². The number of rotatable bonds is 5. The third-order valence-corrected chi connectivity index (χ3v) is 5.33. The molecule has 1 saturated heterocycles. The minimum atomic E-state index is -2.59. The summed E-state index contributed by atoms with van der Waals surface area (Å²) in [4.78, 5) is 18.1. The zero-order valence-electron chi connectivity index (χ0n) is 17.4. The molecule has 166 valence electrons. The molecule has 3 heterocycles. The second-order valence-corrected chi connectivity index (χ2v) is 7.70. The van der Waals surface area contributed by atoms with Gasteiger partial charge >= 0.3 is 0 Å². The minimum absolute atomic E-state index is 0.160. The normalized spacial score (nSPS) is 15.8. The maximum Gasteiger partial charge on any atom is 0.251 e. The number of carbonyl (C=O) groups is 1. The smallest absolute Gasteiger partial charge is 0.251 e. The van der Waals surface area contributed by atoms with E-state index in [1.165, 1.54) is 18.3 Å². The first-order valence-corrected chi connectivity index (χ1v) is 10.2. The van der Waals surface area contributed by atoms with Crippen LogP contribution in [0.5, 0.6) is 0 Å². The molecule has 3 aromatic rings. The molecule has 0 radical (unpaired) electrons. The lowest BCUT2D eigenvalue weighted by atomic mass is 10.0. The number of benzene rings is 1. The Bertz CT molecular complexity index is 1130. The predicted octanol–water partition coefficient (Wildman–Crippen LogP) is 4.51. The van der Waals surface area contributed by atoms with Crippen molar-refractivity contribution in [1.82, 2.24) is 14.8 Å². The van der Waals surface area contributed by atoms with Crippen LogP contribution in [-0.2, 0) is 11.8 Å². The number of anilines is 2. The lowest BCUT2D eigenvalue weighted by molar-refractivity contribution is -0.111. The molecule has 1 aromatic carbocycles. The SMILES string of the molecule is Cn1cc(-c2c(F)cncc2C=CC(=O)Nc2ccc(N3CCC(F)(F)CC3)cc2)cn1. The lowest BCUT2D eigenvalue weighted by Crippen LogP contribution is -2.39. The quantitative estimate of drug-likeness (QED) is 0.592. The summed E-state index contributed by atoms with van der Waals surface area (Å²) < 4.78 is 42.6. The van der Waals surface area contributed by atoms with Gasteiger partial charge in [0.1, 0.15) is 5.82 Å². The fourth-order valence-corrected chi connectivity index (χ4v) is 3.63. The van der Waals surface area contributed by atoms with E-state index in [4.69, 9.17) is 0 Å². The van der Waals surface area contributed by atoms with Gasteiger partial charge in [-0.2, -0.15) is 5.10 Å². The number of nitrogens with zero attached hydrogens (tertiary/aromatic N) is 4. The summed E-state index contributed by atoms with van der Waals surface area (Å²) in [6.07, 6.45) is 8.30. The number of halogens is 3. The van der Waals surface area contributed by atoms with Crippen molar-refractivity contribution in [2.45, 2.75) is 18.8 Å². The molecule has 6 nitrogen and oxygen atoms in total. The summed E-state index contributed by atoms with van der Waals surface area (Å²) in [7, 11) is 1.73. The van der Waals surface area contributed by atoms with Gasteiger partial charge in [0, 0.05) is 79.5 Å². The van der Waals surface area contributed by atoms with Crippen molar-refractivity contribution in [3.05, 3.63) is 66.5 Å². The second-order valence-electron chi connectivity index (χ2n) is 7.70. The highest BCUT2D eigenvalue weighted by Crippen LogP contribution is 2.31. The van der Waals surface area contributed by atoms with E-state index in [1.807, 2.05) is 4.90 Å². The third kappa shape index (κ3) is 4.99. The van der Waals surface area contributed by atoms with Crippen LogP contribution < -0.4 is 10.2 Å². The number of hydrogen-bond donors (Lipinski definition) is 1. The van der Waals surface area contributed by atoms with E-state index in [0.717, 1.165) is 11.9 Å². The van der Waals surface area contributed by atoms with Crippen molar-refractivity contribution < 1.29 is 18.0 Å². The molecule has 0 saturated carbocycles. The summed E-state index contributed by atoms with van der Waals surface area (Å²) in [6, 6.07) is 7.02. The molecule has 1 aliphatic rings. The topological polar surface area (TPSA) is 63.1 Å². The standard InChI is InChI=1S/C23H22F3N5O/c1-30-15-17(13-28-30)22-16(12-27-14-20(22)24)2-7-21(32)29-18-3-5-19(6-4-18)31-10-8-23(25,26)9-11-31/h2-7,12-15H,8-11H2,1H3,(H,29,32). The summed E-state index contributed by atoms with van der Waals surface area (Å²) in [6.45, 7) is 0.588. The summed E-state index contributed by atoms with van der Waals surface area (Å²) in [5, 5.41) is 6.80. The highest BCUT2D eigenvalue weighted by atomic mass is 19.3. The van der Waals surface area contributed by atoms with E-state index >= 15 is 0 Å². The average Bonchev–Trinajstić information content (AvgIpc) is 3.18. The van der Waals surface area contributed by atoms with Gasteiger partial charge in [-0.15, -0.1) is 0 Å². The Kier molecular flexibility index (Phi) is 5.98. The molecule has 0 aliphatic carbocycles. The van der Waals surface area contributed by atoms with Crippen LogP contribution in [0.3, 0.4) is 0 Å². The molecule has 32 heavy (non-hydrogen) atoms. The van der Waals surface area contributed by atoms with E-state index in [-0.39, 0.29) is 12.8 Å². The van der Waals surface area contributed by atoms with Gasteiger partial charge in [-0.3, -0.25) is 14.5 Å². The van der Waals surface area contributed by atoms with Crippen molar-refractivity contribution in [1.29, 1.82) is 0 Å². The number of pyridine rings is 1. The van der Waals surface area contributed by atoms with Crippen molar-refractivity contribution in [3.8, 4) is 11.1 Å². The number of nitrogens with one attached hydrogen (secondary N) is 1. The highest BCUT2D eigenvalue weighted by Gasteiger charge is 2.33. The van der Waals surface area contributed by atoms with Crippen LogP contribution in [0.1, 0.15) is 18.4 Å². The van der Waals surface area contributed by atoms with Gasteiger partial charge in [0.15, 0.2) is 0 Å². The van der Waals surface area contributed by atoms with Gasteiger partial charge in [0.05, 0.1) is 12.4 Å². The number of alkyl halides is 2. The molecular formula is C23H22F3N5O. The lowest BCUT2D eigenvalue weighted by Gasteiger charge is -2.33. The molecule has 1 aliphatic heterocycles. The first-order valence-electron chi connectivity index (χ1n) is 10.2. The Morgan fingerprint density at radius 3 is 2.50 bits per heavy atom. The predicted molar refractivity (Wildman–Crippen MR) is 117 cm³/mol. The van der Waals surface area contributed by atoms with E-state index in [9.17, 15) is 18.0 Å². The molecule has 4 rings (SSSR count). The number of hydrogen-bond acceptors (Lipinski definition) is 4. The van der Waals surface area contributed by atoms with E-state index in [2.05, 4.69) is 15.4 Å². The molecule has 0 bridgehead atoms. The zero-order valence-corrected chi connectivity index (χ0v) is 17.4. The highest BCUT2D eigenvalue weighted by molar-refractivity contribution is 6.02. The fraction of sp³-hybridized carbons (Fsp3) is 0.261. The number of aromatic nitrogens is 3. The van der Waals surface area contributed by atoms with Gasteiger partial charge in [0.2, 0.25) is 5.91 Å². The minimum Gasteiger partial charge on any atom is -0.371 e. The molecular weight excluding hydrogens is 419 g/mol. The van der Waals surface area contributed by atoms with Gasteiger partial charge < -0.3 is 10.2 Å². The Morgan fingerprint density at radius 1 is 1.12 bits per heavy atom. The van der Waals surface area contributed by atoms with Crippen LogP contribution in [0.25, 0.3) is 17.2 Å². The van der Waals surface area contributed by atoms with Crippen LogP contribution in [-0.4, -0.2) is 39.7 Å². The Morgan fingerprint density at radius 2 is 1.84 bits per heavy atom. The third-order valence-electron chi connectivity index (χ3n) is 5.33. The molecule has 1 N–H and O–H groups in total. The first kappa shape index (κ1) is 21.6. The molecule has 2 aromatic heterocycles. The number of aryl methyl sites for hydroxylation is 1. The number of amides is 1. The summed E-state index contributed by atoms with van der Waals surface area (Å²) in [5.74, 6) is -3.49. The molecule has 0 spiro atoms. The molecule has 9 heteroatoms. The van der Waals surface area contributed by atoms with E-state index in [1.54, 1.807) is 48.4 Å². The van der Waals surface area contributed by atoms with Crippen LogP contribution in [0, 0.1) is 5.82 Å². The maximum atomic E-state index is 14.4. The average molecular weight is 441 g/mol. The van der Waals surface area contributed by atoms with Gasteiger partial charge in [0.25, 0.3) is 5.92 Å².